The fourth-order valence-corrected chi connectivity index (χ4v) is 2.62. The second kappa shape index (κ2) is 7.53. The number of likely N-dealkylation sites (N-methyl/N-ethyl adjacent to an activating group) is 1. The van der Waals surface area contributed by atoms with E-state index in [9.17, 15) is 9.18 Å². The van der Waals surface area contributed by atoms with Crippen LogP contribution in [0, 0.1) is 5.82 Å². The number of nitrogens with zero attached hydrogens (tertiary/aromatic N) is 1. The van der Waals surface area contributed by atoms with Gasteiger partial charge in [-0.25, -0.2) is 4.39 Å². The van der Waals surface area contributed by atoms with E-state index in [1.54, 1.807) is 44.5 Å². The summed E-state index contributed by atoms with van der Waals surface area (Å²) in [6, 6.07) is 11.4. The molecule has 1 fully saturated rings. The minimum Gasteiger partial charge on any atom is -0.493 e. The van der Waals surface area contributed by atoms with E-state index in [1.165, 1.54) is 17.0 Å². The van der Waals surface area contributed by atoms with Crippen LogP contribution in [-0.4, -0.2) is 30.1 Å². The van der Waals surface area contributed by atoms with E-state index in [4.69, 9.17) is 21.7 Å². The molecule has 0 aromatic heterocycles. The van der Waals surface area contributed by atoms with Crippen molar-refractivity contribution in [2.24, 2.45) is 0 Å². The smallest absolute Gasteiger partial charge is 0.276 e. The number of methoxy groups -OCH3 is 1. The van der Waals surface area contributed by atoms with E-state index in [1.807, 2.05) is 6.07 Å². The van der Waals surface area contributed by atoms with Crippen molar-refractivity contribution < 1.29 is 18.7 Å². The highest BCUT2D eigenvalue weighted by Crippen LogP contribution is 2.30. The number of benzene rings is 2. The average molecular weight is 372 g/mol. The van der Waals surface area contributed by atoms with Crippen molar-refractivity contribution in [2.45, 2.75) is 6.61 Å². The van der Waals surface area contributed by atoms with Crippen LogP contribution in [0.2, 0.25) is 0 Å². The van der Waals surface area contributed by atoms with Gasteiger partial charge in [-0.05, 0) is 53.7 Å². The molecule has 1 aliphatic heterocycles. The number of ether oxygens (including phenoxy) is 2. The molecular formula is C19H17FN2O3S. The van der Waals surface area contributed by atoms with Crippen LogP contribution in [0.3, 0.4) is 0 Å². The maximum Gasteiger partial charge on any atom is 0.276 e. The number of thiocarbonyl (C=S) groups is 1. The standard InChI is InChI=1S/C19H17FN2O3S/c1-22-18(23)15(21-19(22)26)9-13-5-8-16(17(10-13)24-2)25-11-12-3-6-14(20)7-4-12/h3-10H,11H2,1-2H3,(H,21,26). The number of nitrogens with one attached hydrogen (secondary N) is 1. The van der Waals surface area contributed by atoms with Gasteiger partial charge in [-0.2, -0.15) is 0 Å². The van der Waals surface area contributed by atoms with Crippen molar-refractivity contribution in [1.29, 1.82) is 0 Å². The Morgan fingerprint density at radius 1 is 1.19 bits per heavy atom. The van der Waals surface area contributed by atoms with Gasteiger partial charge in [-0.1, -0.05) is 18.2 Å². The maximum atomic E-state index is 12.9. The number of hydrogen-bond donors (Lipinski definition) is 1. The number of amides is 1. The van der Waals surface area contributed by atoms with Gasteiger partial charge >= 0.3 is 0 Å². The highest BCUT2D eigenvalue weighted by atomic mass is 32.1. The molecule has 2 aromatic carbocycles. The summed E-state index contributed by atoms with van der Waals surface area (Å²) in [6.45, 7) is 0.288. The van der Waals surface area contributed by atoms with Gasteiger partial charge in [0, 0.05) is 7.05 Å². The van der Waals surface area contributed by atoms with Gasteiger partial charge in [0.2, 0.25) is 0 Å². The van der Waals surface area contributed by atoms with Crippen molar-refractivity contribution in [2.75, 3.05) is 14.2 Å². The fourth-order valence-electron chi connectivity index (χ4n) is 2.42. The van der Waals surface area contributed by atoms with E-state index in [0.717, 1.165) is 11.1 Å². The highest BCUT2D eigenvalue weighted by Gasteiger charge is 2.26. The van der Waals surface area contributed by atoms with Crippen molar-refractivity contribution in [3.63, 3.8) is 0 Å². The third-order valence-electron chi connectivity index (χ3n) is 3.89. The van der Waals surface area contributed by atoms with Crippen LogP contribution < -0.4 is 14.8 Å². The summed E-state index contributed by atoms with van der Waals surface area (Å²) in [4.78, 5) is 13.4. The largest absolute Gasteiger partial charge is 0.493 e. The van der Waals surface area contributed by atoms with Crippen molar-refractivity contribution in [1.82, 2.24) is 10.2 Å². The van der Waals surface area contributed by atoms with Gasteiger partial charge in [0.1, 0.15) is 18.1 Å². The Morgan fingerprint density at radius 2 is 1.92 bits per heavy atom. The third-order valence-corrected chi connectivity index (χ3v) is 4.26. The van der Waals surface area contributed by atoms with Gasteiger partial charge in [0.15, 0.2) is 16.6 Å². The molecule has 3 rings (SSSR count). The Kier molecular flexibility index (Phi) is 5.18. The fraction of sp³-hybridized carbons (Fsp3) is 0.158. The molecular weight excluding hydrogens is 355 g/mol. The van der Waals surface area contributed by atoms with Gasteiger partial charge < -0.3 is 14.8 Å². The molecule has 0 radical (unpaired) electrons. The number of carbonyl (C=O) groups is 1. The normalized spacial score (nSPS) is 15.3. The van der Waals surface area contributed by atoms with Crippen molar-refractivity contribution in [3.8, 4) is 11.5 Å². The third kappa shape index (κ3) is 3.83. The first kappa shape index (κ1) is 17.9. The van der Waals surface area contributed by atoms with Crippen LogP contribution in [0.25, 0.3) is 6.08 Å². The Hall–Kier alpha value is -2.93. The van der Waals surface area contributed by atoms with E-state index in [2.05, 4.69) is 5.32 Å². The molecule has 1 amide bonds. The molecule has 0 atom stereocenters. The quantitative estimate of drug-likeness (QED) is 0.646. The predicted molar refractivity (Wildman–Crippen MR) is 100 cm³/mol. The molecule has 1 heterocycles. The Balaban J connectivity index is 1.76. The van der Waals surface area contributed by atoms with Gasteiger partial charge in [-0.15, -0.1) is 0 Å². The summed E-state index contributed by atoms with van der Waals surface area (Å²) in [5, 5.41) is 3.24. The molecule has 0 bridgehead atoms. The number of hydrogen-bond acceptors (Lipinski definition) is 4. The first-order chi connectivity index (χ1) is 12.5. The maximum absolute atomic E-state index is 12.9. The lowest BCUT2D eigenvalue weighted by Gasteiger charge is -2.11. The molecule has 0 spiro atoms. The summed E-state index contributed by atoms with van der Waals surface area (Å²) in [7, 11) is 3.16. The minimum atomic E-state index is -0.288. The molecule has 0 saturated carbocycles. The van der Waals surface area contributed by atoms with Crippen LogP contribution in [-0.2, 0) is 11.4 Å². The monoisotopic (exact) mass is 372 g/mol. The molecule has 26 heavy (non-hydrogen) atoms. The Morgan fingerprint density at radius 3 is 2.54 bits per heavy atom. The lowest BCUT2D eigenvalue weighted by molar-refractivity contribution is -0.121. The molecule has 0 aliphatic carbocycles. The zero-order chi connectivity index (χ0) is 18.7. The second-order valence-corrected chi connectivity index (χ2v) is 6.06. The van der Waals surface area contributed by atoms with Crippen LogP contribution in [0.1, 0.15) is 11.1 Å². The molecule has 1 aliphatic rings. The van der Waals surface area contributed by atoms with Gasteiger partial charge in [0.25, 0.3) is 5.91 Å². The predicted octanol–water partition coefficient (Wildman–Crippen LogP) is 3.10. The molecule has 1 saturated heterocycles. The van der Waals surface area contributed by atoms with E-state index < -0.39 is 0 Å². The summed E-state index contributed by atoms with van der Waals surface area (Å²) in [5.74, 6) is 0.606. The van der Waals surface area contributed by atoms with Crippen LogP contribution in [0.4, 0.5) is 4.39 Å². The Labute approximate surface area is 156 Å². The molecule has 134 valence electrons. The van der Waals surface area contributed by atoms with Gasteiger partial charge in [0.05, 0.1) is 7.11 Å². The molecule has 0 unspecified atom stereocenters. The summed E-state index contributed by atoms with van der Waals surface area (Å²) >= 11 is 5.06. The van der Waals surface area contributed by atoms with Crippen LogP contribution in [0.5, 0.6) is 11.5 Å². The molecule has 7 heteroatoms. The second-order valence-electron chi connectivity index (χ2n) is 5.68. The SMILES string of the molecule is COc1cc(C=C2NC(=S)N(C)C2=O)ccc1OCc1ccc(F)cc1. The number of halogens is 1. The zero-order valence-electron chi connectivity index (χ0n) is 14.3. The zero-order valence-corrected chi connectivity index (χ0v) is 15.1. The summed E-state index contributed by atoms with van der Waals surface area (Å²) in [5.41, 5.74) is 2.02. The van der Waals surface area contributed by atoms with Crippen LogP contribution in [0.15, 0.2) is 48.2 Å². The van der Waals surface area contributed by atoms with E-state index in [-0.39, 0.29) is 18.3 Å². The van der Waals surface area contributed by atoms with E-state index >= 15 is 0 Å². The molecule has 2 aromatic rings. The number of carbonyl (C=O) groups excluding carboxylic acids is 1. The summed E-state index contributed by atoms with van der Waals surface area (Å²) < 4.78 is 24.1. The lowest BCUT2D eigenvalue weighted by Crippen LogP contribution is -2.25. The van der Waals surface area contributed by atoms with Gasteiger partial charge in [-0.3, -0.25) is 9.69 Å². The highest BCUT2D eigenvalue weighted by molar-refractivity contribution is 7.80. The topological polar surface area (TPSA) is 50.8 Å². The molecule has 1 N–H and O–H groups in total. The lowest BCUT2D eigenvalue weighted by atomic mass is 10.1. The molecule has 5 nitrogen and oxygen atoms in total. The van der Waals surface area contributed by atoms with Crippen molar-refractivity contribution in [3.05, 3.63) is 65.1 Å². The first-order valence-corrected chi connectivity index (χ1v) is 8.25. The Bertz CT molecular complexity index is 881. The van der Waals surface area contributed by atoms with Crippen LogP contribution >= 0.6 is 12.2 Å². The minimum absolute atomic E-state index is 0.189. The van der Waals surface area contributed by atoms with Crippen molar-refractivity contribution >= 4 is 29.3 Å². The first-order valence-electron chi connectivity index (χ1n) is 7.84. The average Bonchev–Trinajstić information content (AvgIpc) is 2.88. The summed E-state index contributed by atoms with van der Waals surface area (Å²) in [6.07, 6.45) is 1.70. The van der Waals surface area contributed by atoms with E-state index in [0.29, 0.717) is 22.3 Å². The number of rotatable bonds is 5.